The molecule has 4 aromatic carbocycles. The Morgan fingerprint density at radius 3 is 2.41 bits per heavy atom. The summed E-state index contributed by atoms with van der Waals surface area (Å²) in [7, 11) is -1.54. The van der Waals surface area contributed by atoms with Gasteiger partial charge in [-0.3, -0.25) is 10.1 Å². The highest BCUT2D eigenvalue weighted by atomic mass is 28.3. The van der Waals surface area contributed by atoms with Crippen LogP contribution in [-0.2, 0) is 6.42 Å². The van der Waals surface area contributed by atoms with E-state index in [1.807, 2.05) is 30.3 Å². The lowest BCUT2D eigenvalue weighted by molar-refractivity contribution is -0.383. The van der Waals surface area contributed by atoms with Crippen molar-refractivity contribution in [2.75, 3.05) is 0 Å². The summed E-state index contributed by atoms with van der Waals surface area (Å²) in [4.78, 5) is 11.6. The molecule has 0 saturated carbocycles. The molecule has 0 amide bonds. The minimum atomic E-state index is -1.54. The molecule has 0 bridgehead atoms. The van der Waals surface area contributed by atoms with Crippen molar-refractivity contribution in [3.8, 4) is 0 Å². The minimum Gasteiger partial charge on any atom is -0.258 e. The lowest BCUT2D eigenvalue weighted by Crippen LogP contribution is -2.54. The number of hydrogen-bond acceptors (Lipinski definition) is 2. The van der Waals surface area contributed by atoms with Crippen LogP contribution in [0.3, 0.4) is 0 Å². The fourth-order valence-corrected chi connectivity index (χ4v) is 7.19. The zero-order chi connectivity index (χ0) is 19.8. The summed E-state index contributed by atoms with van der Waals surface area (Å²) in [6, 6.07) is 28.2. The molecule has 0 saturated heterocycles. The highest BCUT2D eigenvalue weighted by molar-refractivity contribution is 6.96. The molecule has 0 aromatic heterocycles. The number of hydrogen-bond donors (Lipinski definition) is 0. The monoisotopic (exact) mass is 392 g/mol. The Morgan fingerprint density at radius 1 is 0.793 bits per heavy atom. The molecule has 0 heterocycles. The Balaban J connectivity index is 1.83. The van der Waals surface area contributed by atoms with Gasteiger partial charge in [0.25, 0.3) is 5.69 Å². The molecule has 1 radical (unpaired) electrons. The molecule has 4 heteroatoms. The molecule has 139 valence electrons. The molecular formula is C25H18NO2Si. The van der Waals surface area contributed by atoms with E-state index in [2.05, 4.69) is 54.6 Å². The van der Waals surface area contributed by atoms with Gasteiger partial charge in [-0.05, 0) is 33.5 Å². The van der Waals surface area contributed by atoms with E-state index in [1.165, 1.54) is 27.1 Å². The first kappa shape index (κ1) is 17.6. The SMILES string of the molecule is O=[N+]([O-])c1ccccc1[Si](c1ccccc1)c1ccc2cccc3c2c1CC=C3. The molecule has 3 nitrogen and oxygen atoms in total. The van der Waals surface area contributed by atoms with Gasteiger partial charge in [-0.25, -0.2) is 0 Å². The van der Waals surface area contributed by atoms with Gasteiger partial charge in [-0.15, -0.1) is 0 Å². The molecule has 0 fully saturated rings. The second kappa shape index (κ2) is 7.15. The Labute approximate surface area is 170 Å². The molecular weight excluding hydrogens is 374 g/mol. The topological polar surface area (TPSA) is 43.1 Å². The maximum absolute atomic E-state index is 11.8. The van der Waals surface area contributed by atoms with Crippen LogP contribution < -0.4 is 15.6 Å². The third kappa shape index (κ3) is 2.98. The first-order chi connectivity index (χ1) is 14.2. The van der Waals surface area contributed by atoms with E-state index in [0.717, 1.165) is 16.8 Å². The molecule has 0 spiro atoms. The highest BCUT2D eigenvalue weighted by Crippen LogP contribution is 2.28. The Hall–Kier alpha value is -3.50. The predicted octanol–water partition coefficient (Wildman–Crippen LogP) is 3.83. The fourth-order valence-electron chi connectivity index (χ4n) is 4.28. The van der Waals surface area contributed by atoms with E-state index in [9.17, 15) is 10.1 Å². The van der Waals surface area contributed by atoms with Gasteiger partial charge in [0, 0.05) is 11.3 Å². The smallest absolute Gasteiger partial charge is 0.258 e. The van der Waals surface area contributed by atoms with Gasteiger partial charge >= 0.3 is 0 Å². The van der Waals surface area contributed by atoms with Crippen LogP contribution in [0.4, 0.5) is 5.69 Å². The third-order valence-electron chi connectivity index (χ3n) is 5.51. The number of para-hydroxylation sites is 1. The van der Waals surface area contributed by atoms with Gasteiger partial charge in [0.2, 0.25) is 0 Å². The zero-order valence-electron chi connectivity index (χ0n) is 15.7. The largest absolute Gasteiger partial charge is 0.269 e. The average molecular weight is 393 g/mol. The first-order valence-corrected chi connectivity index (χ1v) is 11.1. The van der Waals surface area contributed by atoms with Crippen molar-refractivity contribution in [1.82, 2.24) is 0 Å². The maximum atomic E-state index is 11.8. The van der Waals surface area contributed by atoms with E-state index in [-0.39, 0.29) is 10.6 Å². The van der Waals surface area contributed by atoms with Gasteiger partial charge in [0.15, 0.2) is 8.80 Å². The van der Waals surface area contributed by atoms with Gasteiger partial charge in [-0.1, -0.05) is 96.2 Å². The Bertz CT molecular complexity index is 1260. The highest BCUT2D eigenvalue weighted by Gasteiger charge is 2.29. The van der Waals surface area contributed by atoms with E-state index < -0.39 is 8.80 Å². The molecule has 0 aliphatic heterocycles. The van der Waals surface area contributed by atoms with Crippen LogP contribution >= 0.6 is 0 Å². The Kier molecular flexibility index (Phi) is 4.33. The summed E-state index contributed by atoms with van der Waals surface area (Å²) in [6.07, 6.45) is 5.23. The van der Waals surface area contributed by atoms with Gasteiger partial charge in [0.1, 0.15) is 0 Å². The minimum absolute atomic E-state index is 0.206. The van der Waals surface area contributed by atoms with Crippen molar-refractivity contribution in [3.05, 3.63) is 112 Å². The van der Waals surface area contributed by atoms with Crippen molar-refractivity contribution in [2.24, 2.45) is 0 Å². The summed E-state index contributed by atoms with van der Waals surface area (Å²) in [5, 5.41) is 17.6. The standard InChI is InChI=1S/C25H18NO2Si/c27-26(28)22-14-4-5-15-24(22)29(20-11-2-1-3-12-20)23-17-16-19-9-6-8-18-10-7-13-21(23)25(18)19/h1-12,14-17H,13H2. The summed E-state index contributed by atoms with van der Waals surface area (Å²) in [5.74, 6) is 0. The molecule has 0 N–H and O–H groups in total. The molecule has 5 rings (SSSR count). The van der Waals surface area contributed by atoms with E-state index in [4.69, 9.17) is 0 Å². The lowest BCUT2D eigenvalue weighted by atomic mass is 9.93. The van der Waals surface area contributed by atoms with Crippen LogP contribution in [0.1, 0.15) is 11.1 Å². The predicted molar refractivity (Wildman–Crippen MR) is 121 cm³/mol. The van der Waals surface area contributed by atoms with Crippen LogP contribution in [0.15, 0.2) is 91.0 Å². The molecule has 0 unspecified atom stereocenters. The van der Waals surface area contributed by atoms with Crippen molar-refractivity contribution in [3.63, 3.8) is 0 Å². The normalized spacial score (nSPS) is 12.4. The van der Waals surface area contributed by atoms with E-state index in [1.54, 1.807) is 12.1 Å². The molecule has 1 aliphatic rings. The van der Waals surface area contributed by atoms with Crippen LogP contribution in [0.5, 0.6) is 0 Å². The number of allylic oxidation sites excluding steroid dienone is 1. The number of benzene rings is 4. The van der Waals surface area contributed by atoms with Crippen molar-refractivity contribution in [1.29, 1.82) is 0 Å². The van der Waals surface area contributed by atoms with Gasteiger partial charge in [-0.2, -0.15) is 0 Å². The van der Waals surface area contributed by atoms with Crippen molar-refractivity contribution < 1.29 is 4.92 Å². The van der Waals surface area contributed by atoms with Crippen LogP contribution in [-0.4, -0.2) is 13.7 Å². The molecule has 4 aromatic rings. The van der Waals surface area contributed by atoms with Crippen LogP contribution in [0.25, 0.3) is 16.8 Å². The number of nitro groups is 1. The van der Waals surface area contributed by atoms with E-state index in [0.29, 0.717) is 0 Å². The van der Waals surface area contributed by atoms with E-state index >= 15 is 0 Å². The second-order valence-electron chi connectivity index (χ2n) is 7.16. The molecule has 0 atom stereocenters. The average Bonchev–Trinajstić information content (AvgIpc) is 2.77. The number of rotatable bonds is 4. The lowest BCUT2D eigenvalue weighted by Gasteiger charge is -2.23. The quantitative estimate of drug-likeness (QED) is 0.229. The van der Waals surface area contributed by atoms with Crippen molar-refractivity contribution in [2.45, 2.75) is 6.42 Å². The maximum Gasteiger partial charge on any atom is 0.269 e. The summed E-state index contributed by atoms with van der Waals surface area (Å²) < 4.78 is 0. The third-order valence-corrected chi connectivity index (χ3v) is 8.39. The Morgan fingerprint density at radius 2 is 1.59 bits per heavy atom. The van der Waals surface area contributed by atoms with Crippen molar-refractivity contribution >= 4 is 46.9 Å². The molecule has 29 heavy (non-hydrogen) atoms. The fraction of sp³-hybridized carbons (Fsp3) is 0.0400. The van der Waals surface area contributed by atoms with Crippen LogP contribution in [0.2, 0.25) is 0 Å². The van der Waals surface area contributed by atoms with Crippen LogP contribution in [0, 0.1) is 10.1 Å². The number of nitro benzene ring substituents is 1. The molecule has 1 aliphatic carbocycles. The summed E-state index contributed by atoms with van der Waals surface area (Å²) in [5.41, 5.74) is 2.73. The second-order valence-corrected chi connectivity index (χ2v) is 9.56. The zero-order valence-corrected chi connectivity index (χ0v) is 16.7. The van der Waals surface area contributed by atoms with Gasteiger partial charge < -0.3 is 0 Å². The van der Waals surface area contributed by atoms with Gasteiger partial charge in [0.05, 0.1) is 4.92 Å². The summed E-state index contributed by atoms with van der Waals surface area (Å²) in [6.45, 7) is 0. The summed E-state index contributed by atoms with van der Waals surface area (Å²) >= 11 is 0. The number of nitrogens with zero attached hydrogens (tertiary/aromatic N) is 1. The first-order valence-electron chi connectivity index (χ1n) is 9.62.